The number of methoxy groups -OCH3 is 2. The molecule has 5 nitrogen and oxygen atoms in total. The highest BCUT2D eigenvalue weighted by atomic mass is 16.5. The van der Waals surface area contributed by atoms with Crippen LogP contribution in [0.1, 0.15) is 25.8 Å². The molecular weight excluding hydrogens is 278 g/mol. The first kappa shape index (κ1) is 18.3. The Kier molecular flexibility index (Phi) is 7.74. The fourth-order valence-corrected chi connectivity index (χ4v) is 1.92. The second-order valence-corrected chi connectivity index (χ2v) is 5.77. The molecular formula is C17H29N3O2. The molecule has 0 spiro atoms. The lowest BCUT2D eigenvalue weighted by atomic mass is 10.1. The lowest BCUT2D eigenvalue weighted by molar-refractivity contribution is 0.0268. The second kappa shape index (κ2) is 9.30. The Morgan fingerprint density at radius 1 is 1.23 bits per heavy atom. The van der Waals surface area contributed by atoms with Crippen molar-refractivity contribution in [3.05, 3.63) is 29.8 Å². The van der Waals surface area contributed by atoms with E-state index in [-0.39, 0.29) is 5.60 Å². The molecule has 0 radical (unpaired) electrons. The number of guanidine groups is 1. The molecule has 0 aliphatic rings. The van der Waals surface area contributed by atoms with E-state index in [1.54, 1.807) is 21.3 Å². The largest absolute Gasteiger partial charge is 0.497 e. The fourth-order valence-electron chi connectivity index (χ4n) is 1.92. The van der Waals surface area contributed by atoms with Crippen molar-refractivity contribution in [3.8, 4) is 5.75 Å². The number of rotatable bonds is 8. The van der Waals surface area contributed by atoms with Crippen LogP contribution in [-0.4, -0.2) is 45.9 Å². The number of nitrogens with zero attached hydrogens (tertiary/aromatic N) is 1. The van der Waals surface area contributed by atoms with Gasteiger partial charge in [-0.2, -0.15) is 0 Å². The smallest absolute Gasteiger partial charge is 0.191 e. The maximum absolute atomic E-state index is 5.38. The number of aliphatic imine (C=N–C) groups is 1. The van der Waals surface area contributed by atoms with Crippen LogP contribution in [0.3, 0.4) is 0 Å². The van der Waals surface area contributed by atoms with Crippen LogP contribution < -0.4 is 15.4 Å². The van der Waals surface area contributed by atoms with Crippen molar-refractivity contribution in [2.45, 2.75) is 32.3 Å². The molecule has 0 saturated heterocycles. The molecule has 124 valence electrons. The van der Waals surface area contributed by atoms with E-state index in [1.165, 1.54) is 5.56 Å². The van der Waals surface area contributed by atoms with Gasteiger partial charge in [0.05, 0.1) is 12.7 Å². The monoisotopic (exact) mass is 307 g/mol. The summed E-state index contributed by atoms with van der Waals surface area (Å²) in [5, 5.41) is 6.59. The van der Waals surface area contributed by atoms with E-state index < -0.39 is 0 Å². The molecule has 22 heavy (non-hydrogen) atoms. The Hall–Kier alpha value is -1.75. The van der Waals surface area contributed by atoms with E-state index in [1.807, 2.05) is 26.0 Å². The third-order valence-corrected chi connectivity index (χ3v) is 3.53. The molecule has 5 heteroatoms. The predicted octanol–water partition coefficient (Wildman–Crippen LogP) is 2.22. The van der Waals surface area contributed by atoms with Crippen LogP contribution in [0.15, 0.2) is 29.3 Å². The van der Waals surface area contributed by atoms with Gasteiger partial charge < -0.3 is 20.1 Å². The van der Waals surface area contributed by atoms with Crippen LogP contribution in [-0.2, 0) is 11.2 Å². The van der Waals surface area contributed by atoms with Gasteiger partial charge in [-0.1, -0.05) is 12.1 Å². The highest BCUT2D eigenvalue weighted by molar-refractivity contribution is 5.79. The summed E-state index contributed by atoms with van der Waals surface area (Å²) < 4.78 is 10.6. The summed E-state index contributed by atoms with van der Waals surface area (Å²) in [6.07, 6.45) is 2.03. The minimum Gasteiger partial charge on any atom is -0.497 e. The number of benzene rings is 1. The fraction of sp³-hybridized carbons (Fsp3) is 0.588. The van der Waals surface area contributed by atoms with Gasteiger partial charge in [0.2, 0.25) is 0 Å². The van der Waals surface area contributed by atoms with Crippen LogP contribution in [0.4, 0.5) is 0 Å². The lowest BCUT2D eigenvalue weighted by Gasteiger charge is -2.24. The van der Waals surface area contributed by atoms with E-state index in [9.17, 15) is 0 Å². The van der Waals surface area contributed by atoms with E-state index >= 15 is 0 Å². The van der Waals surface area contributed by atoms with Crippen LogP contribution in [0.2, 0.25) is 0 Å². The zero-order valence-corrected chi connectivity index (χ0v) is 14.4. The van der Waals surface area contributed by atoms with Crippen LogP contribution in [0, 0.1) is 0 Å². The Morgan fingerprint density at radius 3 is 2.64 bits per heavy atom. The summed E-state index contributed by atoms with van der Waals surface area (Å²) >= 11 is 0. The number of hydrogen-bond acceptors (Lipinski definition) is 3. The third-order valence-electron chi connectivity index (χ3n) is 3.53. The molecule has 0 amide bonds. The molecule has 0 atom stereocenters. The molecule has 2 N–H and O–H groups in total. The summed E-state index contributed by atoms with van der Waals surface area (Å²) in [7, 11) is 5.18. The molecule has 0 heterocycles. The molecule has 0 unspecified atom stereocenters. The molecule has 0 saturated carbocycles. The zero-order valence-electron chi connectivity index (χ0n) is 14.4. The number of aryl methyl sites for hydroxylation is 1. The van der Waals surface area contributed by atoms with Gasteiger partial charge in [0.25, 0.3) is 0 Å². The first-order valence-electron chi connectivity index (χ1n) is 7.63. The molecule has 0 fully saturated rings. The van der Waals surface area contributed by atoms with Crippen molar-refractivity contribution in [2.75, 3.05) is 34.4 Å². The number of ether oxygens (including phenoxy) is 2. The standard InChI is InChI=1S/C17H29N3O2/c1-17(2,22-5)13-20-16(18-3)19-11-7-9-14-8-6-10-15(12-14)21-4/h6,8,10,12H,7,9,11,13H2,1-5H3,(H2,18,19,20). The third kappa shape index (κ3) is 6.80. The molecule has 0 aliphatic heterocycles. The summed E-state index contributed by atoms with van der Waals surface area (Å²) in [5.41, 5.74) is 1.07. The Balaban J connectivity index is 2.30. The van der Waals surface area contributed by atoms with E-state index in [2.05, 4.69) is 27.8 Å². The van der Waals surface area contributed by atoms with Crippen LogP contribution in [0.25, 0.3) is 0 Å². The van der Waals surface area contributed by atoms with Crippen molar-refractivity contribution in [2.24, 2.45) is 4.99 Å². The van der Waals surface area contributed by atoms with E-state index in [0.29, 0.717) is 6.54 Å². The highest BCUT2D eigenvalue weighted by Crippen LogP contribution is 2.13. The average Bonchev–Trinajstić information content (AvgIpc) is 2.54. The number of hydrogen-bond donors (Lipinski definition) is 2. The Labute approximate surface area is 134 Å². The predicted molar refractivity (Wildman–Crippen MR) is 91.8 cm³/mol. The molecule has 1 aromatic carbocycles. The molecule has 1 aromatic rings. The first-order valence-corrected chi connectivity index (χ1v) is 7.63. The average molecular weight is 307 g/mol. The van der Waals surface area contributed by atoms with Crippen molar-refractivity contribution in [3.63, 3.8) is 0 Å². The van der Waals surface area contributed by atoms with Crippen molar-refractivity contribution in [1.82, 2.24) is 10.6 Å². The van der Waals surface area contributed by atoms with E-state index in [0.717, 1.165) is 31.1 Å². The molecule has 0 aromatic heterocycles. The highest BCUT2D eigenvalue weighted by Gasteiger charge is 2.16. The van der Waals surface area contributed by atoms with Crippen LogP contribution in [0.5, 0.6) is 5.75 Å². The summed E-state index contributed by atoms with van der Waals surface area (Å²) in [5.74, 6) is 1.71. The number of nitrogens with one attached hydrogen (secondary N) is 2. The van der Waals surface area contributed by atoms with Gasteiger partial charge in [-0.05, 0) is 44.4 Å². The summed E-state index contributed by atoms with van der Waals surface area (Å²) in [4.78, 5) is 4.22. The summed E-state index contributed by atoms with van der Waals surface area (Å²) in [6, 6.07) is 8.19. The van der Waals surface area contributed by atoms with Gasteiger partial charge >= 0.3 is 0 Å². The maximum atomic E-state index is 5.38. The SMILES string of the molecule is CN=C(NCCCc1cccc(OC)c1)NCC(C)(C)OC. The van der Waals surface area contributed by atoms with Gasteiger partial charge in [-0.3, -0.25) is 4.99 Å². The van der Waals surface area contributed by atoms with Gasteiger partial charge in [0.1, 0.15) is 5.75 Å². The van der Waals surface area contributed by atoms with Gasteiger partial charge in [0, 0.05) is 27.2 Å². The maximum Gasteiger partial charge on any atom is 0.191 e. The van der Waals surface area contributed by atoms with Crippen LogP contribution >= 0.6 is 0 Å². The molecule has 1 rings (SSSR count). The van der Waals surface area contributed by atoms with Crippen molar-refractivity contribution >= 4 is 5.96 Å². The summed E-state index contributed by atoms with van der Waals surface area (Å²) in [6.45, 7) is 5.65. The Bertz CT molecular complexity index is 473. The minimum absolute atomic E-state index is 0.210. The first-order chi connectivity index (χ1) is 10.5. The van der Waals surface area contributed by atoms with Gasteiger partial charge in [-0.25, -0.2) is 0 Å². The minimum atomic E-state index is -0.210. The van der Waals surface area contributed by atoms with Gasteiger partial charge in [-0.15, -0.1) is 0 Å². The topological polar surface area (TPSA) is 54.9 Å². The molecule has 0 bridgehead atoms. The quantitative estimate of drug-likeness (QED) is 0.439. The van der Waals surface area contributed by atoms with Gasteiger partial charge in [0.15, 0.2) is 5.96 Å². The lowest BCUT2D eigenvalue weighted by Crippen LogP contribution is -2.45. The molecule has 0 aliphatic carbocycles. The van der Waals surface area contributed by atoms with Crippen molar-refractivity contribution in [1.29, 1.82) is 0 Å². The normalized spacial score (nSPS) is 12.1. The zero-order chi connectivity index (χ0) is 16.4. The second-order valence-electron chi connectivity index (χ2n) is 5.77. The Morgan fingerprint density at radius 2 is 2.00 bits per heavy atom. The van der Waals surface area contributed by atoms with Crippen molar-refractivity contribution < 1.29 is 9.47 Å². The van der Waals surface area contributed by atoms with E-state index in [4.69, 9.17) is 9.47 Å².